The van der Waals surface area contributed by atoms with E-state index in [-0.39, 0.29) is 12.5 Å². The number of rotatable bonds is 7. The van der Waals surface area contributed by atoms with Crippen molar-refractivity contribution in [2.45, 2.75) is 26.2 Å². The summed E-state index contributed by atoms with van der Waals surface area (Å²) in [7, 11) is 0. The molecule has 0 fully saturated rings. The predicted molar refractivity (Wildman–Crippen MR) is 74.0 cm³/mol. The highest BCUT2D eigenvalue weighted by atomic mass is 35.5. The summed E-state index contributed by atoms with van der Waals surface area (Å²) in [5.74, 6) is -0.0670. The monoisotopic (exact) mass is 269 g/mol. The molecule has 0 spiro atoms. The van der Waals surface area contributed by atoms with Gasteiger partial charge in [-0.05, 0) is 24.6 Å². The maximum absolute atomic E-state index is 12.2. The van der Waals surface area contributed by atoms with E-state index in [2.05, 4.69) is 6.92 Å². The first-order valence-corrected chi connectivity index (χ1v) is 6.72. The van der Waals surface area contributed by atoms with Crippen LogP contribution in [0.5, 0.6) is 0 Å². The van der Waals surface area contributed by atoms with Crippen molar-refractivity contribution in [1.82, 2.24) is 4.90 Å². The average molecular weight is 270 g/mol. The van der Waals surface area contributed by atoms with Crippen LogP contribution in [0.1, 0.15) is 36.5 Å². The van der Waals surface area contributed by atoms with Gasteiger partial charge in [-0.3, -0.25) is 4.79 Å². The van der Waals surface area contributed by atoms with E-state index < -0.39 is 0 Å². The van der Waals surface area contributed by atoms with Gasteiger partial charge in [0.05, 0.1) is 6.61 Å². The summed E-state index contributed by atoms with van der Waals surface area (Å²) in [5.41, 5.74) is 0.576. The van der Waals surface area contributed by atoms with Crippen LogP contribution in [0, 0.1) is 0 Å². The second-order valence-electron chi connectivity index (χ2n) is 4.23. The van der Waals surface area contributed by atoms with Gasteiger partial charge in [0.2, 0.25) is 0 Å². The molecule has 1 aromatic rings. The Balaban J connectivity index is 2.69. The van der Waals surface area contributed by atoms with Gasteiger partial charge in [-0.15, -0.1) is 0 Å². The molecule has 1 rings (SSSR count). The van der Waals surface area contributed by atoms with Crippen LogP contribution >= 0.6 is 11.6 Å². The summed E-state index contributed by atoms with van der Waals surface area (Å²) in [6.07, 6.45) is 3.16. The molecule has 0 radical (unpaired) electrons. The van der Waals surface area contributed by atoms with Crippen LogP contribution in [0.15, 0.2) is 24.3 Å². The molecule has 0 saturated heterocycles. The third kappa shape index (κ3) is 4.67. The molecular formula is C14H20ClNO2. The van der Waals surface area contributed by atoms with Crippen LogP contribution in [-0.2, 0) is 0 Å². The number of nitrogens with zero attached hydrogens (tertiary/aromatic N) is 1. The van der Waals surface area contributed by atoms with Crippen molar-refractivity contribution in [3.63, 3.8) is 0 Å². The summed E-state index contributed by atoms with van der Waals surface area (Å²) >= 11 is 5.88. The zero-order valence-corrected chi connectivity index (χ0v) is 11.5. The van der Waals surface area contributed by atoms with Crippen molar-refractivity contribution in [2.75, 3.05) is 19.7 Å². The fourth-order valence-electron chi connectivity index (χ4n) is 1.79. The minimum atomic E-state index is -0.0670. The second-order valence-corrected chi connectivity index (χ2v) is 4.67. The van der Waals surface area contributed by atoms with Gasteiger partial charge >= 0.3 is 0 Å². The van der Waals surface area contributed by atoms with Gasteiger partial charge < -0.3 is 10.0 Å². The van der Waals surface area contributed by atoms with Crippen molar-refractivity contribution in [3.8, 4) is 0 Å². The van der Waals surface area contributed by atoms with Crippen molar-refractivity contribution < 1.29 is 9.90 Å². The maximum Gasteiger partial charge on any atom is 0.253 e. The normalized spacial score (nSPS) is 10.4. The first-order chi connectivity index (χ1) is 8.69. The van der Waals surface area contributed by atoms with Crippen molar-refractivity contribution in [2.24, 2.45) is 0 Å². The molecule has 100 valence electrons. The molecule has 0 bridgehead atoms. The Morgan fingerprint density at radius 1 is 1.33 bits per heavy atom. The molecule has 0 aromatic heterocycles. The molecule has 3 nitrogen and oxygen atoms in total. The van der Waals surface area contributed by atoms with Gasteiger partial charge in [-0.25, -0.2) is 0 Å². The van der Waals surface area contributed by atoms with Crippen molar-refractivity contribution in [1.29, 1.82) is 0 Å². The molecule has 1 aromatic carbocycles. The summed E-state index contributed by atoms with van der Waals surface area (Å²) < 4.78 is 0. The number of aliphatic hydroxyl groups excluding tert-OH is 1. The Kier molecular flexibility index (Phi) is 6.76. The molecule has 0 heterocycles. The van der Waals surface area contributed by atoms with E-state index in [4.69, 9.17) is 16.7 Å². The maximum atomic E-state index is 12.2. The molecule has 0 aliphatic rings. The number of hydrogen-bond donors (Lipinski definition) is 1. The van der Waals surface area contributed by atoms with Gasteiger partial charge in [0.1, 0.15) is 0 Å². The Morgan fingerprint density at radius 2 is 2.11 bits per heavy atom. The van der Waals surface area contributed by atoms with Crippen LogP contribution in [0.2, 0.25) is 5.02 Å². The Labute approximate surface area is 113 Å². The van der Waals surface area contributed by atoms with Crippen LogP contribution in [0.4, 0.5) is 0 Å². The minimum absolute atomic E-state index is 0.0154. The molecule has 0 aliphatic heterocycles. The van der Waals surface area contributed by atoms with E-state index in [1.807, 2.05) is 0 Å². The summed E-state index contributed by atoms with van der Waals surface area (Å²) in [5, 5.41) is 9.58. The van der Waals surface area contributed by atoms with Gasteiger partial charge in [0, 0.05) is 23.7 Å². The number of aliphatic hydroxyl groups is 1. The van der Waals surface area contributed by atoms with Gasteiger partial charge in [0.25, 0.3) is 5.91 Å². The molecule has 1 amide bonds. The average Bonchev–Trinajstić information content (AvgIpc) is 2.37. The van der Waals surface area contributed by atoms with E-state index >= 15 is 0 Å². The number of benzene rings is 1. The Hall–Kier alpha value is -1.06. The zero-order valence-electron chi connectivity index (χ0n) is 10.7. The Bertz CT molecular complexity index is 382. The third-order valence-electron chi connectivity index (χ3n) is 2.76. The molecular weight excluding hydrogens is 250 g/mol. The lowest BCUT2D eigenvalue weighted by atomic mass is 10.2. The van der Waals surface area contributed by atoms with Gasteiger partial charge in [-0.2, -0.15) is 0 Å². The van der Waals surface area contributed by atoms with Crippen LogP contribution in [-0.4, -0.2) is 35.6 Å². The largest absolute Gasteiger partial charge is 0.395 e. The second kappa shape index (κ2) is 8.11. The quantitative estimate of drug-likeness (QED) is 0.773. The third-order valence-corrected chi connectivity index (χ3v) is 3.00. The first-order valence-electron chi connectivity index (χ1n) is 6.34. The van der Waals surface area contributed by atoms with E-state index in [1.54, 1.807) is 29.2 Å². The Morgan fingerprint density at radius 3 is 2.72 bits per heavy atom. The van der Waals surface area contributed by atoms with Crippen LogP contribution < -0.4 is 0 Å². The van der Waals surface area contributed by atoms with E-state index in [9.17, 15) is 4.79 Å². The standard InChI is InChI=1S/C14H20ClNO2/c1-2-3-4-8-16(9-10-17)14(18)12-6-5-7-13(15)11-12/h5-7,11,17H,2-4,8-10H2,1H3. The molecule has 4 heteroatoms. The molecule has 0 unspecified atom stereocenters. The number of unbranched alkanes of at least 4 members (excludes halogenated alkanes) is 2. The molecule has 1 N–H and O–H groups in total. The van der Waals surface area contributed by atoms with E-state index in [0.29, 0.717) is 23.7 Å². The lowest BCUT2D eigenvalue weighted by Gasteiger charge is -2.21. The molecule has 0 saturated carbocycles. The fraction of sp³-hybridized carbons (Fsp3) is 0.500. The predicted octanol–water partition coefficient (Wildman–Crippen LogP) is 2.96. The number of carbonyl (C=O) groups excluding carboxylic acids is 1. The van der Waals surface area contributed by atoms with Gasteiger partial charge in [0.15, 0.2) is 0 Å². The van der Waals surface area contributed by atoms with Crippen molar-refractivity contribution in [3.05, 3.63) is 34.9 Å². The molecule has 0 atom stereocenters. The highest BCUT2D eigenvalue weighted by Gasteiger charge is 2.14. The molecule has 0 aliphatic carbocycles. The number of hydrogen-bond acceptors (Lipinski definition) is 2. The van der Waals surface area contributed by atoms with Crippen LogP contribution in [0.3, 0.4) is 0 Å². The zero-order chi connectivity index (χ0) is 13.4. The lowest BCUT2D eigenvalue weighted by Crippen LogP contribution is -2.34. The summed E-state index contributed by atoms with van der Waals surface area (Å²) in [6.45, 7) is 3.16. The number of carbonyl (C=O) groups is 1. The topological polar surface area (TPSA) is 40.5 Å². The summed E-state index contributed by atoms with van der Waals surface area (Å²) in [6, 6.07) is 6.91. The molecule has 18 heavy (non-hydrogen) atoms. The minimum Gasteiger partial charge on any atom is -0.395 e. The highest BCUT2D eigenvalue weighted by molar-refractivity contribution is 6.30. The lowest BCUT2D eigenvalue weighted by molar-refractivity contribution is 0.0718. The smallest absolute Gasteiger partial charge is 0.253 e. The van der Waals surface area contributed by atoms with Crippen LogP contribution in [0.25, 0.3) is 0 Å². The van der Waals surface area contributed by atoms with E-state index in [1.165, 1.54) is 0 Å². The first kappa shape index (κ1) is 15.0. The highest BCUT2D eigenvalue weighted by Crippen LogP contribution is 2.13. The fourth-order valence-corrected chi connectivity index (χ4v) is 1.98. The number of halogens is 1. The summed E-state index contributed by atoms with van der Waals surface area (Å²) in [4.78, 5) is 13.9. The number of amides is 1. The van der Waals surface area contributed by atoms with Crippen molar-refractivity contribution >= 4 is 17.5 Å². The van der Waals surface area contributed by atoms with Gasteiger partial charge in [-0.1, -0.05) is 37.4 Å². The SMILES string of the molecule is CCCCCN(CCO)C(=O)c1cccc(Cl)c1. The van der Waals surface area contributed by atoms with E-state index in [0.717, 1.165) is 19.3 Å².